The van der Waals surface area contributed by atoms with Gasteiger partial charge in [0.1, 0.15) is 0 Å². The third-order valence-electron chi connectivity index (χ3n) is 3.81. The summed E-state index contributed by atoms with van der Waals surface area (Å²) >= 11 is 0. The van der Waals surface area contributed by atoms with E-state index in [2.05, 4.69) is 6.92 Å². The van der Waals surface area contributed by atoms with Crippen LogP contribution in [-0.2, 0) is 0 Å². The molecule has 0 rings (SSSR count). The molecule has 0 aliphatic carbocycles. The highest BCUT2D eigenvalue weighted by molar-refractivity contribution is 4.59. The standard InChI is InChI=1S/C17H36O2/c1-3-4-5-6-7-8-9-10-11-12-13-17(19)15-14-16(2)18/h16-19H,3-15H2,1-2H3. The van der Waals surface area contributed by atoms with Crippen LogP contribution in [0.3, 0.4) is 0 Å². The summed E-state index contributed by atoms with van der Waals surface area (Å²) in [6, 6.07) is 0. The zero-order valence-corrected chi connectivity index (χ0v) is 13.2. The third kappa shape index (κ3) is 15.9. The molecule has 116 valence electrons. The van der Waals surface area contributed by atoms with Crippen molar-refractivity contribution < 1.29 is 10.2 Å². The van der Waals surface area contributed by atoms with E-state index in [0.29, 0.717) is 0 Å². The Morgan fingerprint density at radius 1 is 0.632 bits per heavy atom. The molecule has 2 atom stereocenters. The van der Waals surface area contributed by atoms with Crippen LogP contribution in [0.5, 0.6) is 0 Å². The van der Waals surface area contributed by atoms with Crippen molar-refractivity contribution in [2.45, 2.75) is 110 Å². The van der Waals surface area contributed by atoms with E-state index in [-0.39, 0.29) is 12.2 Å². The molecule has 0 bridgehead atoms. The van der Waals surface area contributed by atoms with Gasteiger partial charge in [-0.15, -0.1) is 0 Å². The van der Waals surface area contributed by atoms with Crippen LogP contribution in [0.25, 0.3) is 0 Å². The highest BCUT2D eigenvalue weighted by atomic mass is 16.3. The fraction of sp³-hybridized carbons (Fsp3) is 1.00. The second kappa shape index (κ2) is 14.3. The minimum Gasteiger partial charge on any atom is -0.393 e. The first-order valence-corrected chi connectivity index (χ1v) is 8.53. The Hall–Kier alpha value is -0.0800. The number of unbranched alkanes of at least 4 members (excludes halogenated alkanes) is 9. The average molecular weight is 272 g/mol. The molecule has 2 heteroatoms. The minimum atomic E-state index is -0.276. The molecule has 19 heavy (non-hydrogen) atoms. The smallest absolute Gasteiger partial charge is 0.0541 e. The number of rotatable bonds is 14. The van der Waals surface area contributed by atoms with Gasteiger partial charge in [0, 0.05) is 0 Å². The zero-order chi connectivity index (χ0) is 14.3. The first-order chi connectivity index (χ1) is 9.16. The summed E-state index contributed by atoms with van der Waals surface area (Å²) in [4.78, 5) is 0. The SMILES string of the molecule is CCCCCCCCCCCCC(O)CCC(C)O. The van der Waals surface area contributed by atoms with E-state index >= 15 is 0 Å². The molecule has 0 spiro atoms. The first-order valence-electron chi connectivity index (χ1n) is 8.53. The van der Waals surface area contributed by atoms with Gasteiger partial charge < -0.3 is 10.2 Å². The van der Waals surface area contributed by atoms with Gasteiger partial charge in [-0.1, -0.05) is 71.1 Å². The van der Waals surface area contributed by atoms with Gasteiger partial charge in [0.15, 0.2) is 0 Å². The normalized spacial score (nSPS) is 14.5. The molecule has 2 nitrogen and oxygen atoms in total. The molecule has 0 saturated heterocycles. The zero-order valence-electron chi connectivity index (χ0n) is 13.2. The molecule has 0 aromatic heterocycles. The first kappa shape index (κ1) is 18.9. The van der Waals surface area contributed by atoms with Crippen molar-refractivity contribution in [3.8, 4) is 0 Å². The maximum absolute atomic E-state index is 9.71. The van der Waals surface area contributed by atoms with E-state index in [1.807, 2.05) is 0 Å². The lowest BCUT2D eigenvalue weighted by Gasteiger charge is -2.11. The summed E-state index contributed by atoms with van der Waals surface area (Å²) < 4.78 is 0. The summed E-state index contributed by atoms with van der Waals surface area (Å²) in [5.74, 6) is 0. The Balaban J connectivity index is 3.09. The predicted molar refractivity (Wildman–Crippen MR) is 83.4 cm³/mol. The van der Waals surface area contributed by atoms with Crippen LogP contribution in [0.15, 0.2) is 0 Å². The largest absolute Gasteiger partial charge is 0.393 e. The molecule has 0 aromatic carbocycles. The van der Waals surface area contributed by atoms with E-state index in [1.54, 1.807) is 6.92 Å². The van der Waals surface area contributed by atoms with E-state index in [4.69, 9.17) is 5.11 Å². The second-order valence-corrected chi connectivity index (χ2v) is 6.05. The monoisotopic (exact) mass is 272 g/mol. The lowest BCUT2D eigenvalue weighted by Crippen LogP contribution is -2.10. The topological polar surface area (TPSA) is 40.5 Å². The van der Waals surface area contributed by atoms with Crippen molar-refractivity contribution in [3.05, 3.63) is 0 Å². The summed E-state index contributed by atoms with van der Waals surface area (Å²) in [5, 5.41) is 18.8. The molecule has 0 aromatic rings. The number of aliphatic hydroxyl groups is 2. The molecule has 0 aliphatic heterocycles. The molecule has 0 aliphatic rings. The molecule has 0 amide bonds. The van der Waals surface area contributed by atoms with Crippen LogP contribution in [0.4, 0.5) is 0 Å². The van der Waals surface area contributed by atoms with E-state index in [1.165, 1.54) is 57.8 Å². The van der Waals surface area contributed by atoms with E-state index < -0.39 is 0 Å². The Labute approximate surface area is 120 Å². The Bertz CT molecular complexity index is 169. The van der Waals surface area contributed by atoms with Gasteiger partial charge in [0.05, 0.1) is 12.2 Å². The summed E-state index contributed by atoms with van der Waals surface area (Å²) in [6.45, 7) is 4.04. The number of hydrogen-bond acceptors (Lipinski definition) is 2. The fourth-order valence-electron chi connectivity index (χ4n) is 2.45. The highest BCUT2D eigenvalue weighted by Gasteiger charge is 2.05. The molecular weight excluding hydrogens is 236 g/mol. The highest BCUT2D eigenvalue weighted by Crippen LogP contribution is 2.13. The molecule has 0 saturated carbocycles. The van der Waals surface area contributed by atoms with Crippen LogP contribution < -0.4 is 0 Å². The fourth-order valence-corrected chi connectivity index (χ4v) is 2.45. The molecular formula is C17H36O2. The van der Waals surface area contributed by atoms with Crippen molar-refractivity contribution in [1.29, 1.82) is 0 Å². The van der Waals surface area contributed by atoms with Crippen molar-refractivity contribution in [1.82, 2.24) is 0 Å². The minimum absolute atomic E-state index is 0.205. The van der Waals surface area contributed by atoms with Crippen LogP contribution >= 0.6 is 0 Å². The average Bonchev–Trinajstić information content (AvgIpc) is 2.38. The Morgan fingerprint density at radius 2 is 1.11 bits per heavy atom. The summed E-state index contributed by atoms with van der Waals surface area (Å²) in [7, 11) is 0. The Morgan fingerprint density at radius 3 is 1.58 bits per heavy atom. The maximum atomic E-state index is 9.71. The Kier molecular flexibility index (Phi) is 14.3. The second-order valence-electron chi connectivity index (χ2n) is 6.05. The third-order valence-corrected chi connectivity index (χ3v) is 3.81. The van der Waals surface area contributed by atoms with Crippen LogP contribution in [0, 0.1) is 0 Å². The molecule has 2 N–H and O–H groups in total. The van der Waals surface area contributed by atoms with Crippen LogP contribution in [0.2, 0.25) is 0 Å². The molecule has 0 radical (unpaired) electrons. The van der Waals surface area contributed by atoms with Crippen molar-refractivity contribution in [3.63, 3.8) is 0 Å². The van der Waals surface area contributed by atoms with Gasteiger partial charge >= 0.3 is 0 Å². The van der Waals surface area contributed by atoms with Crippen LogP contribution in [0.1, 0.15) is 97.3 Å². The number of aliphatic hydroxyl groups excluding tert-OH is 2. The van der Waals surface area contributed by atoms with Gasteiger partial charge in [-0.3, -0.25) is 0 Å². The van der Waals surface area contributed by atoms with Crippen LogP contribution in [-0.4, -0.2) is 22.4 Å². The molecule has 0 fully saturated rings. The number of hydrogen-bond donors (Lipinski definition) is 2. The van der Waals surface area contributed by atoms with Gasteiger partial charge in [0.25, 0.3) is 0 Å². The lowest BCUT2D eigenvalue weighted by atomic mass is 10.0. The molecule has 2 unspecified atom stereocenters. The maximum Gasteiger partial charge on any atom is 0.0541 e. The van der Waals surface area contributed by atoms with E-state index in [9.17, 15) is 5.11 Å². The summed E-state index contributed by atoms with van der Waals surface area (Å²) in [5.41, 5.74) is 0. The predicted octanol–water partition coefficient (Wildman–Crippen LogP) is 4.82. The van der Waals surface area contributed by atoms with Crippen molar-refractivity contribution in [2.75, 3.05) is 0 Å². The molecule has 0 heterocycles. The summed E-state index contributed by atoms with van der Waals surface area (Å²) in [6.07, 6.45) is 15.3. The van der Waals surface area contributed by atoms with Crippen molar-refractivity contribution in [2.24, 2.45) is 0 Å². The quantitative estimate of drug-likeness (QED) is 0.445. The van der Waals surface area contributed by atoms with Gasteiger partial charge in [0.2, 0.25) is 0 Å². The van der Waals surface area contributed by atoms with Gasteiger partial charge in [-0.2, -0.15) is 0 Å². The van der Waals surface area contributed by atoms with Gasteiger partial charge in [-0.25, -0.2) is 0 Å². The van der Waals surface area contributed by atoms with Crippen molar-refractivity contribution >= 4 is 0 Å². The van der Waals surface area contributed by atoms with E-state index in [0.717, 1.165) is 25.7 Å². The van der Waals surface area contributed by atoms with Gasteiger partial charge in [-0.05, 0) is 26.2 Å². The lowest BCUT2D eigenvalue weighted by molar-refractivity contribution is 0.114.